The Morgan fingerprint density at radius 3 is 3.00 bits per heavy atom. The van der Waals surface area contributed by atoms with Crippen LogP contribution < -0.4 is 15.8 Å². The second-order valence-corrected chi connectivity index (χ2v) is 4.50. The van der Waals surface area contributed by atoms with Gasteiger partial charge in [0.25, 0.3) is 5.91 Å². The Balaban J connectivity index is 2.65. The summed E-state index contributed by atoms with van der Waals surface area (Å²) in [5.74, 6) is 0.501. The molecule has 3 N–H and O–H groups in total. The van der Waals surface area contributed by atoms with Crippen molar-refractivity contribution in [2.24, 2.45) is 5.73 Å². The minimum Gasteiger partial charge on any atom is -0.482 e. The van der Waals surface area contributed by atoms with E-state index in [0.29, 0.717) is 25.3 Å². The molecule has 0 radical (unpaired) electrons. The lowest BCUT2D eigenvalue weighted by Crippen LogP contribution is -2.29. The molecule has 5 heteroatoms. The van der Waals surface area contributed by atoms with Crippen molar-refractivity contribution < 1.29 is 9.53 Å². The Kier molecular flexibility index (Phi) is 6.46. The lowest BCUT2D eigenvalue weighted by Gasteiger charge is -2.12. The van der Waals surface area contributed by atoms with Crippen LogP contribution in [0.15, 0.2) is 35.3 Å². The molecule has 0 unspecified atom stereocenters. The maximum absolute atomic E-state index is 11.4. The quantitative estimate of drug-likeness (QED) is 0.752. The molecule has 0 aliphatic carbocycles. The van der Waals surface area contributed by atoms with Gasteiger partial charge in [0.1, 0.15) is 5.75 Å². The van der Waals surface area contributed by atoms with E-state index in [1.807, 2.05) is 18.2 Å². The van der Waals surface area contributed by atoms with Gasteiger partial charge in [-0.15, -0.1) is 6.58 Å². The average Bonchev–Trinajstić information content (AvgIpc) is 2.36. The summed E-state index contributed by atoms with van der Waals surface area (Å²) in [5, 5.41) is 2.65. The molecule has 1 aromatic rings. The Hall–Kier alpha value is -1.33. The first-order valence-corrected chi connectivity index (χ1v) is 6.46. The van der Waals surface area contributed by atoms with E-state index in [1.54, 1.807) is 6.08 Å². The van der Waals surface area contributed by atoms with Crippen molar-refractivity contribution in [3.05, 3.63) is 40.9 Å². The summed E-state index contributed by atoms with van der Waals surface area (Å²) in [6.45, 7) is 4.48. The summed E-state index contributed by atoms with van der Waals surface area (Å²) in [5.41, 5.74) is 6.53. The molecule has 0 fully saturated rings. The molecule has 0 aliphatic rings. The Bertz CT molecular complexity index is 421. The number of hydrogen-bond donors (Lipinski definition) is 2. The summed E-state index contributed by atoms with van der Waals surface area (Å²) in [6, 6.07) is 5.73. The van der Waals surface area contributed by atoms with Gasteiger partial charge in [-0.1, -0.05) is 18.2 Å². The van der Waals surface area contributed by atoms with Gasteiger partial charge >= 0.3 is 0 Å². The first-order valence-electron chi connectivity index (χ1n) is 5.67. The van der Waals surface area contributed by atoms with Crippen molar-refractivity contribution in [3.63, 3.8) is 0 Å². The normalized spacial score (nSPS) is 9.89. The molecule has 0 heterocycles. The first-order chi connectivity index (χ1) is 8.69. The van der Waals surface area contributed by atoms with Crippen molar-refractivity contribution in [2.45, 2.75) is 6.42 Å². The van der Waals surface area contributed by atoms with Crippen LogP contribution in [-0.4, -0.2) is 25.6 Å². The number of nitrogens with one attached hydrogen (secondary N) is 1. The van der Waals surface area contributed by atoms with Gasteiger partial charge in [-0.05, 0) is 40.5 Å². The molecule has 18 heavy (non-hydrogen) atoms. The second-order valence-electron chi connectivity index (χ2n) is 3.65. The highest BCUT2D eigenvalue weighted by molar-refractivity contribution is 9.10. The maximum Gasteiger partial charge on any atom is 0.258 e. The minimum absolute atomic E-state index is 0.0198. The Morgan fingerprint density at radius 1 is 1.56 bits per heavy atom. The van der Waals surface area contributed by atoms with E-state index in [4.69, 9.17) is 10.5 Å². The van der Waals surface area contributed by atoms with Crippen molar-refractivity contribution >= 4 is 21.8 Å². The number of halogens is 1. The molecule has 1 aromatic carbocycles. The van der Waals surface area contributed by atoms with Crippen molar-refractivity contribution in [2.75, 3.05) is 19.7 Å². The van der Waals surface area contributed by atoms with Gasteiger partial charge in [0.15, 0.2) is 6.61 Å². The smallest absolute Gasteiger partial charge is 0.258 e. The predicted molar refractivity (Wildman–Crippen MR) is 75.6 cm³/mol. The number of carbonyl (C=O) groups excluding carboxylic acids is 1. The van der Waals surface area contributed by atoms with Crippen LogP contribution in [0.2, 0.25) is 0 Å². The summed E-state index contributed by atoms with van der Waals surface area (Å²) >= 11 is 3.41. The van der Waals surface area contributed by atoms with E-state index in [0.717, 1.165) is 10.0 Å². The molecule has 0 atom stereocenters. The highest BCUT2D eigenvalue weighted by Gasteiger charge is 2.09. The van der Waals surface area contributed by atoms with Crippen LogP contribution in [0, 0.1) is 0 Å². The van der Waals surface area contributed by atoms with E-state index in [9.17, 15) is 4.79 Å². The van der Waals surface area contributed by atoms with Gasteiger partial charge in [-0.25, -0.2) is 0 Å². The molecule has 4 nitrogen and oxygen atoms in total. The maximum atomic E-state index is 11.4. The van der Waals surface area contributed by atoms with E-state index in [2.05, 4.69) is 27.8 Å². The van der Waals surface area contributed by atoms with E-state index >= 15 is 0 Å². The summed E-state index contributed by atoms with van der Waals surface area (Å²) in [7, 11) is 0. The summed E-state index contributed by atoms with van der Waals surface area (Å²) in [6.07, 6.45) is 2.33. The first kappa shape index (κ1) is 14.7. The molecule has 0 saturated heterocycles. The number of para-hydroxylation sites is 1. The molecular formula is C13H17BrN2O2. The predicted octanol–water partition coefficient (Wildman–Crippen LogP) is 1.63. The monoisotopic (exact) mass is 312 g/mol. The van der Waals surface area contributed by atoms with Crippen LogP contribution in [0.5, 0.6) is 5.75 Å². The van der Waals surface area contributed by atoms with Crippen LogP contribution in [0.4, 0.5) is 0 Å². The highest BCUT2D eigenvalue weighted by Crippen LogP contribution is 2.29. The molecule has 0 aliphatic heterocycles. The van der Waals surface area contributed by atoms with Gasteiger partial charge < -0.3 is 15.8 Å². The fourth-order valence-electron chi connectivity index (χ4n) is 1.44. The molecular weight excluding hydrogens is 296 g/mol. The molecule has 1 rings (SSSR count). The molecule has 0 spiro atoms. The largest absolute Gasteiger partial charge is 0.482 e. The number of amides is 1. The number of hydrogen-bond acceptors (Lipinski definition) is 3. The average molecular weight is 313 g/mol. The van der Waals surface area contributed by atoms with Crippen LogP contribution in [-0.2, 0) is 11.2 Å². The number of rotatable bonds is 7. The van der Waals surface area contributed by atoms with Gasteiger partial charge in [0, 0.05) is 6.54 Å². The zero-order valence-electron chi connectivity index (χ0n) is 10.1. The zero-order valence-corrected chi connectivity index (χ0v) is 11.7. The van der Waals surface area contributed by atoms with Gasteiger partial charge in [-0.3, -0.25) is 4.79 Å². The highest BCUT2D eigenvalue weighted by atomic mass is 79.9. The fourth-order valence-corrected chi connectivity index (χ4v) is 1.96. The topological polar surface area (TPSA) is 64.3 Å². The second kappa shape index (κ2) is 7.89. The van der Waals surface area contributed by atoms with E-state index in [1.165, 1.54) is 0 Å². The van der Waals surface area contributed by atoms with E-state index in [-0.39, 0.29) is 12.5 Å². The lowest BCUT2D eigenvalue weighted by molar-refractivity contribution is -0.122. The molecule has 0 aromatic heterocycles. The zero-order chi connectivity index (χ0) is 13.4. The standard InChI is InChI=1S/C13H17BrN2O2/c1-2-8-16-12(17)9-18-13-10(6-7-15)4-3-5-11(13)14/h2-5H,1,6-9,15H2,(H,16,17). The summed E-state index contributed by atoms with van der Waals surface area (Å²) in [4.78, 5) is 11.4. The van der Waals surface area contributed by atoms with Crippen LogP contribution in [0.1, 0.15) is 5.56 Å². The lowest BCUT2D eigenvalue weighted by atomic mass is 10.1. The molecule has 1 amide bonds. The van der Waals surface area contributed by atoms with Crippen LogP contribution in [0.3, 0.4) is 0 Å². The van der Waals surface area contributed by atoms with Crippen molar-refractivity contribution in [1.29, 1.82) is 0 Å². The van der Waals surface area contributed by atoms with Crippen molar-refractivity contribution in [3.8, 4) is 5.75 Å². The van der Waals surface area contributed by atoms with E-state index < -0.39 is 0 Å². The number of nitrogens with two attached hydrogens (primary N) is 1. The minimum atomic E-state index is -0.177. The van der Waals surface area contributed by atoms with Gasteiger partial charge in [0.2, 0.25) is 0 Å². The van der Waals surface area contributed by atoms with Gasteiger partial charge in [-0.2, -0.15) is 0 Å². The fraction of sp³-hybridized carbons (Fsp3) is 0.308. The Morgan fingerprint density at radius 2 is 2.33 bits per heavy atom. The number of benzene rings is 1. The van der Waals surface area contributed by atoms with Gasteiger partial charge in [0.05, 0.1) is 4.47 Å². The molecule has 0 saturated carbocycles. The molecule has 98 valence electrons. The number of carbonyl (C=O) groups is 1. The van der Waals surface area contributed by atoms with Crippen LogP contribution in [0.25, 0.3) is 0 Å². The molecule has 0 bridgehead atoms. The summed E-state index contributed by atoms with van der Waals surface area (Å²) < 4.78 is 6.35. The third kappa shape index (κ3) is 4.50. The number of ether oxygens (including phenoxy) is 1. The Labute approximate surface area is 115 Å². The SMILES string of the molecule is C=CCNC(=O)COc1c(Br)cccc1CCN. The van der Waals surface area contributed by atoms with Crippen LogP contribution >= 0.6 is 15.9 Å². The van der Waals surface area contributed by atoms with Crippen molar-refractivity contribution in [1.82, 2.24) is 5.32 Å². The third-order valence-electron chi connectivity index (χ3n) is 2.25. The third-order valence-corrected chi connectivity index (χ3v) is 2.88.